The number of benzene rings is 1. The van der Waals surface area contributed by atoms with Crippen molar-refractivity contribution in [1.29, 1.82) is 0 Å². The molecule has 1 aromatic heterocycles. The Balaban J connectivity index is 1.98. The van der Waals surface area contributed by atoms with Gasteiger partial charge in [0.1, 0.15) is 0 Å². The topological polar surface area (TPSA) is 37.4 Å². The van der Waals surface area contributed by atoms with E-state index >= 15 is 0 Å². The average Bonchev–Trinajstić information content (AvgIpc) is 2.99. The molecular formula is C15H19NO2S2. The summed E-state index contributed by atoms with van der Waals surface area (Å²) in [5.74, 6) is 0.142. The fourth-order valence-corrected chi connectivity index (χ4v) is 4.13. The zero-order valence-corrected chi connectivity index (χ0v) is 13.3. The van der Waals surface area contributed by atoms with Crippen molar-refractivity contribution in [2.75, 3.05) is 19.3 Å². The molecule has 0 bridgehead atoms. The smallest absolute Gasteiger partial charge is 0.179 e. The molecule has 0 saturated heterocycles. The zero-order chi connectivity index (χ0) is 14.6. The van der Waals surface area contributed by atoms with E-state index in [-0.39, 0.29) is 11.8 Å². The first kappa shape index (κ1) is 15.2. The predicted molar refractivity (Wildman–Crippen MR) is 83.9 cm³/mol. The second kappa shape index (κ2) is 6.52. The van der Waals surface area contributed by atoms with Crippen molar-refractivity contribution in [2.45, 2.75) is 17.9 Å². The summed E-state index contributed by atoms with van der Waals surface area (Å²) in [5, 5.41) is 2.04. The van der Waals surface area contributed by atoms with Crippen LogP contribution in [0.1, 0.15) is 17.8 Å². The van der Waals surface area contributed by atoms with Crippen molar-refractivity contribution in [2.24, 2.45) is 0 Å². The molecule has 0 spiro atoms. The van der Waals surface area contributed by atoms with Gasteiger partial charge in [-0.2, -0.15) is 0 Å². The summed E-state index contributed by atoms with van der Waals surface area (Å²) >= 11 is 1.70. The molecule has 0 radical (unpaired) electrons. The Morgan fingerprint density at radius 3 is 2.45 bits per heavy atom. The number of nitrogens with zero attached hydrogens (tertiary/aromatic N) is 1. The molecule has 0 aliphatic carbocycles. The molecule has 1 aromatic carbocycles. The van der Waals surface area contributed by atoms with E-state index in [0.717, 1.165) is 0 Å². The lowest BCUT2D eigenvalue weighted by atomic mass is 10.2. The Kier molecular flexibility index (Phi) is 4.96. The molecule has 0 aliphatic heterocycles. The number of hydrogen-bond donors (Lipinski definition) is 0. The maximum Gasteiger partial charge on any atom is 0.179 e. The molecule has 0 amide bonds. The van der Waals surface area contributed by atoms with Gasteiger partial charge in [0.2, 0.25) is 0 Å². The van der Waals surface area contributed by atoms with Gasteiger partial charge in [0, 0.05) is 17.5 Å². The van der Waals surface area contributed by atoms with Crippen LogP contribution in [-0.4, -0.2) is 32.7 Å². The Hall–Kier alpha value is -1.17. The highest BCUT2D eigenvalue weighted by Gasteiger charge is 2.18. The maximum absolute atomic E-state index is 12.2. The normalized spacial score (nSPS) is 13.6. The zero-order valence-electron chi connectivity index (χ0n) is 11.7. The van der Waals surface area contributed by atoms with E-state index in [9.17, 15) is 8.42 Å². The van der Waals surface area contributed by atoms with Crippen molar-refractivity contribution < 1.29 is 8.42 Å². The molecule has 0 unspecified atom stereocenters. The maximum atomic E-state index is 12.2. The van der Waals surface area contributed by atoms with Crippen molar-refractivity contribution in [3.63, 3.8) is 0 Å². The standard InChI is InChI=1S/C15H19NO2S2/c1-13(15-9-6-11-19-15)16(2)10-12-20(17,18)14-7-4-3-5-8-14/h3-9,11,13H,10,12H2,1-2H3/t13-/m1/s1. The van der Waals surface area contributed by atoms with E-state index in [0.29, 0.717) is 11.4 Å². The lowest BCUT2D eigenvalue weighted by Crippen LogP contribution is -2.28. The third-order valence-electron chi connectivity index (χ3n) is 3.43. The van der Waals surface area contributed by atoms with Crippen LogP contribution in [0.15, 0.2) is 52.7 Å². The predicted octanol–water partition coefficient (Wildman–Crippen LogP) is 3.21. The monoisotopic (exact) mass is 309 g/mol. The van der Waals surface area contributed by atoms with Gasteiger partial charge in [0.05, 0.1) is 10.6 Å². The summed E-state index contributed by atoms with van der Waals surface area (Å²) in [7, 11) is -1.23. The van der Waals surface area contributed by atoms with Gasteiger partial charge in [-0.15, -0.1) is 11.3 Å². The fraction of sp³-hybridized carbons (Fsp3) is 0.333. The number of sulfone groups is 1. The van der Waals surface area contributed by atoms with E-state index in [1.165, 1.54) is 4.88 Å². The molecule has 3 nitrogen and oxygen atoms in total. The van der Waals surface area contributed by atoms with Crippen LogP contribution in [0.2, 0.25) is 0 Å². The molecule has 1 atom stereocenters. The average molecular weight is 309 g/mol. The molecule has 0 saturated carbocycles. The van der Waals surface area contributed by atoms with Crippen LogP contribution in [0.4, 0.5) is 0 Å². The van der Waals surface area contributed by atoms with Crippen LogP contribution in [-0.2, 0) is 9.84 Å². The second-order valence-electron chi connectivity index (χ2n) is 4.80. The van der Waals surface area contributed by atoms with Crippen LogP contribution < -0.4 is 0 Å². The van der Waals surface area contributed by atoms with Crippen molar-refractivity contribution in [3.05, 3.63) is 52.7 Å². The molecule has 5 heteroatoms. The summed E-state index contributed by atoms with van der Waals surface area (Å²) in [4.78, 5) is 3.73. The first-order valence-corrected chi connectivity index (χ1v) is 9.05. The van der Waals surface area contributed by atoms with E-state index < -0.39 is 9.84 Å². The molecule has 1 heterocycles. The highest BCUT2D eigenvalue weighted by atomic mass is 32.2. The molecule has 0 N–H and O–H groups in total. The fourth-order valence-electron chi connectivity index (χ4n) is 1.95. The van der Waals surface area contributed by atoms with Crippen molar-refractivity contribution in [1.82, 2.24) is 4.90 Å². The van der Waals surface area contributed by atoms with Crippen LogP contribution in [0.5, 0.6) is 0 Å². The van der Waals surface area contributed by atoms with Gasteiger partial charge in [-0.1, -0.05) is 24.3 Å². The van der Waals surface area contributed by atoms with E-state index in [1.54, 1.807) is 35.6 Å². The van der Waals surface area contributed by atoms with Crippen molar-refractivity contribution in [3.8, 4) is 0 Å². The van der Waals surface area contributed by atoms with Crippen LogP contribution >= 0.6 is 11.3 Å². The van der Waals surface area contributed by atoms with Crippen molar-refractivity contribution >= 4 is 21.2 Å². The molecule has 2 aromatic rings. The lowest BCUT2D eigenvalue weighted by molar-refractivity contribution is 0.280. The third-order valence-corrected chi connectivity index (χ3v) is 6.18. The molecule has 108 valence electrons. The summed E-state index contributed by atoms with van der Waals surface area (Å²) in [6.07, 6.45) is 0. The summed E-state index contributed by atoms with van der Waals surface area (Å²) in [6, 6.07) is 13.0. The minimum absolute atomic E-state index is 0.142. The van der Waals surface area contributed by atoms with Crippen LogP contribution in [0, 0.1) is 0 Å². The van der Waals surface area contributed by atoms with E-state index in [4.69, 9.17) is 0 Å². The summed E-state index contributed by atoms with van der Waals surface area (Å²) in [6.45, 7) is 2.62. The Bertz CT molecular complexity index is 621. The molecular weight excluding hydrogens is 290 g/mol. The Labute approximate surface area is 124 Å². The first-order valence-electron chi connectivity index (χ1n) is 6.52. The first-order chi connectivity index (χ1) is 9.50. The quantitative estimate of drug-likeness (QED) is 0.822. The van der Waals surface area contributed by atoms with Gasteiger partial charge >= 0.3 is 0 Å². The molecule has 0 aliphatic rings. The Morgan fingerprint density at radius 2 is 1.85 bits per heavy atom. The van der Waals surface area contributed by atoms with Crippen LogP contribution in [0.3, 0.4) is 0 Å². The SMILES string of the molecule is C[C@H](c1cccs1)N(C)CCS(=O)(=O)c1ccccc1. The highest BCUT2D eigenvalue weighted by molar-refractivity contribution is 7.91. The Morgan fingerprint density at radius 1 is 1.15 bits per heavy atom. The highest BCUT2D eigenvalue weighted by Crippen LogP contribution is 2.23. The number of thiophene rings is 1. The molecule has 20 heavy (non-hydrogen) atoms. The van der Waals surface area contributed by atoms with Gasteiger partial charge in [-0.25, -0.2) is 8.42 Å². The number of rotatable bonds is 6. The minimum Gasteiger partial charge on any atom is -0.298 e. The van der Waals surface area contributed by atoms with Gasteiger partial charge in [0.25, 0.3) is 0 Å². The van der Waals surface area contributed by atoms with E-state index in [1.807, 2.05) is 24.6 Å². The van der Waals surface area contributed by atoms with Gasteiger partial charge in [0.15, 0.2) is 9.84 Å². The summed E-state index contributed by atoms with van der Waals surface area (Å²) in [5.41, 5.74) is 0. The largest absolute Gasteiger partial charge is 0.298 e. The van der Waals surface area contributed by atoms with Gasteiger partial charge < -0.3 is 0 Å². The lowest BCUT2D eigenvalue weighted by Gasteiger charge is -2.23. The third kappa shape index (κ3) is 3.69. The van der Waals surface area contributed by atoms with Crippen LogP contribution in [0.25, 0.3) is 0 Å². The molecule has 2 rings (SSSR count). The molecule has 0 fully saturated rings. The van der Waals surface area contributed by atoms with Gasteiger partial charge in [-0.05, 0) is 37.6 Å². The van der Waals surface area contributed by atoms with Gasteiger partial charge in [-0.3, -0.25) is 4.90 Å². The summed E-state index contributed by atoms with van der Waals surface area (Å²) < 4.78 is 24.4. The minimum atomic E-state index is -3.20. The van der Waals surface area contributed by atoms with E-state index in [2.05, 4.69) is 17.9 Å². The second-order valence-corrected chi connectivity index (χ2v) is 7.89. The number of hydrogen-bond acceptors (Lipinski definition) is 4.